The number of carbonyl (C=O) groups is 2. The van der Waals surface area contributed by atoms with Gasteiger partial charge in [-0.25, -0.2) is 0 Å². The normalized spacial score (nSPS) is 15.5. The minimum Gasteiger partial charge on any atom is -0.398 e. The number of nitrogens with zero attached hydrogens (tertiary/aromatic N) is 1. The molecule has 1 aromatic rings. The Kier molecular flexibility index (Phi) is 2.86. The maximum atomic E-state index is 11.3. The van der Waals surface area contributed by atoms with E-state index in [9.17, 15) is 9.59 Å². The van der Waals surface area contributed by atoms with Crippen LogP contribution in [0.2, 0.25) is 0 Å². The van der Waals surface area contributed by atoms with Crippen LogP contribution in [0.3, 0.4) is 0 Å². The van der Waals surface area contributed by atoms with Gasteiger partial charge in [-0.1, -0.05) is 0 Å². The Morgan fingerprint density at radius 2 is 2.18 bits per heavy atom. The van der Waals surface area contributed by atoms with Crippen molar-refractivity contribution < 1.29 is 9.59 Å². The summed E-state index contributed by atoms with van der Waals surface area (Å²) in [6, 6.07) is 5.03. The van der Waals surface area contributed by atoms with Crippen molar-refractivity contribution in [1.82, 2.24) is 5.32 Å². The Hall–Kier alpha value is -2.24. The molecule has 1 fully saturated rings. The first-order valence-electron chi connectivity index (χ1n) is 5.29. The molecule has 90 valence electrons. The summed E-state index contributed by atoms with van der Waals surface area (Å²) < 4.78 is 0. The minimum absolute atomic E-state index is 0.0336. The number of nitrogens with one attached hydrogen (secondary N) is 1. The van der Waals surface area contributed by atoms with Gasteiger partial charge in [0.25, 0.3) is 5.91 Å². The highest BCUT2D eigenvalue weighted by Crippen LogP contribution is 2.21. The third kappa shape index (κ3) is 2.30. The molecule has 2 rings (SSSR count). The van der Waals surface area contributed by atoms with Gasteiger partial charge < -0.3 is 21.7 Å². The first-order valence-corrected chi connectivity index (χ1v) is 5.29. The zero-order valence-corrected chi connectivity index (χ0v) is 9.27. The number of rotatable bonds is 2. The molecule has 1 aliphatic rings. The molecule has 0 atom stereocenters. The van der Waals surface area contributed by atoms with Gasteiger partial charge in [0.1, 0.15) is 0 Å². The SMILES string of the molecule is NC(=O)c1cc(N2CCNC(=O)C2)ccc1N. The molecule has 6 heteroatoms. The van der Waals surface area contributed by atoms with Crippen molar-refractivity contribution in [3.8, 4) is 0 Å². The number of piperazine rings is 1. The van der Waals surface area contributed by atoms with Crippen molar-refractivity contribution in [2.45, 2.75) is 0 Å². The molecule has 2 amide bonds. The zero-order valence-electron chi connectivity index (χ0n) is 9.27. The highest BCUT2D eigenvalue weighted by Gasteiger charge is 2.17. The van der Waals surface area contributed by atoms with E-state index in [2.05, 4.69) is 5.32 Å². The Morgan fingerprint density at radius 3 is 2.82 bits per heavy atom. The number of hydrogen-bond acceptors (Lipinski definition) is 4. The van der Waals surface area contributed by atoms with Gasteiger partial charge >= 0.3 is 0 Å². The summed E-state index contributed by atoms with van der Waals surface area (Å²) >= 11 is 0. The van der Waals surface area contributed by atoms with Crippen LogP contribution in [-0.4, -0.2) is 31.4 Å². The van der Waals surface area contributed by atoms with Crippen LogP contribution in [0, 0.1) is 0 Å². The largest absolute Gasteiger partial charge is 0.398 e. The number of nitrogens with two attached hydrogens (primary N) is 2. The van der Waals surface area contributed by atoms with E-state index in [4.69, 9.17) is 11.5 Å². The summed E-state index contributed by atoms with van der Waals surface area (Å²) in [6.45, 7) is 1.57. The molecule has 1 aliphatic heterocycles. The summed E-state index contributed by atoms with van der Waals surface area (Å²) in [5, 5.41) is 2.73. The molecule has 0 radical (unpaired) electrons. The molecule has 5 N–H and O–H groups in total. The van der Waals surface area contributed by atoms with Crippen LogP contribution in [0.25, 0.3) is 0 Å². The van der Waals surface area contributed by atoms with E-state index >= 15 is 0 Å². The Bertz CT molecular complexity index is 473. The van der Waals surface area contributed by atoms with Gasteiger partial charge in [-0.3, -0.25) is 9.59 Å². The third-order valence-corrected chi connectivity index (χ3v) is 2.71. The van der Waals surface area contributed by atoms with E-state index in [0.29, 0.717) is 18.8 Å². The Labute approximate surface area is 98.6 Å². The molecule has 1 saturated heterocycles. The van der Waals surface area contributed by atoms with E-state index in [1.165, 1.54) is 0 Å². The Balaban J connectivity index is 2.29. The van der Waals surface area contributed by atoms with Crippen LogP contribution < -0.4 is 21.7 Å². The van der Waals surface area contributed by atoms with Gasteiger partial charge in [0.2, 0.25) is 5.91 Å². The van der Waals surface area contributed by atoms with Crippen molar-refractivity contribution in [2.24, 2.45) is 5.73 Å². The molecule has 6 nitrogen and oxygen atoms in total. The Morgan fingerprint density at radius 1 is 1.41 bits per heavy atom. The van der Waals surface area contributed by atoms with E-state index in [0.717, 1.165) is 5.69 Å². The standard InChI is InChI=1S/C11H14N4O2/c12-9-2-1-7(5-8(9)11(13)17)15-4-3-14-10(16)6-15/h1-2,5H,3-4,6,12H2,(H2,13,17)(H,14,16). The lowest BCUT2D eigenvalue weighted by Gasteiger charge is -2.29. The number of carbonyl (C=O) groups excluding carboxylic acids is 2. The van der Waals surface area contributed by atoms with Gasteiger partial charge in [0.15, 0.2) is 0 Å². The average molecular weight is 234 g/mol. The lowest BCUT2D eigenvalue weighted by molar-refractivity contribution is -0.120. The fraction of sp³-hybridized carbons (Fsp3) is 0.273. The number of primary amides is 1. The molecule has 0 bridgehead atoms. The van der Waals surface area contributed by atoms with Gasteiger partial charge in [0, 0.05) is 24.5 Å². The molecule has 0 saturated carbocycles. The first-order chi connectivity index (χ1) is 8.08. The topological polar surface area (TPSA) is 101 Å². The predicted octanol–water partition coefficient (Wildman–Crippen LogP) is -0.696. The fourth-order valence-corrected chi connectivity index (χ4v) is 1.81. The van der Waals surface area contributed by atoms with E-state index in [1.807, 2.05) is 4.90 Å². The zero-order chi connectivity index (χ0) is 12.4. The second-order valence-corrected chi connectivity index (χ2v) is 3.91. The van der Waals surface area contributed by atoms with E-state index in [-0.39, 0.29) is 18.0 Å². The van der Waals surface area contributed by atoms with Gasteiger partial charge in [-0.15, -0.1) is 0 Å². The van der Waals surface area contributed by atoms with E-state index < -0.39 is 5.91 Å². The van der Waals surface area contributed by atoms with Gasteiger partial charge in [0.05, 0.1) is 12.1 Å². The first kappa shape index (κ1) is 11.3. The minimum atomic E-state index is -0.564. The monoisotopic (exact) mass is 234 g/mol. The third-order valence-electron chi connectivity index (χ3n) is 2.71. The van der Waals surface area contributed by atoms with Crippen LogP contribution in [0.15, 0.2) is 18.2 Å². The van der Waals surface area contributed by atoms with Crippen molar-refractivity contribution in [2.75, 3.05) is 30.3 Å². The highest BCUT2D eigenvalue weighted by molar-refractivity contribution is 5.99. The molecule has 0 unspecified atom stereocenters. The molecule has 1 aromatic carbocycles. The molecule has 0 aliphatic carbocycles. The summed E-state index contributed by atoms with van der Waals surface area (Å²) in [6.07, 6.45) is 0. The molecule has 0 aromatic heterocycles. The van der Waals surface area contributed by atoms with Gasteiger partial charge in [-0.05, 0) is 18.2 Å². The second kappa shape index (κ2) is 4.32. The molecule has 17 heavy (non-hydrogen) atoms. The number of hydrogen-bond donors (Lipinski definition) is 3. The predicted molar refractivity (Wildman–Crippen MR) is 64.6 cm³/mol. The van der Waals surface area contributed by atoms with Crippen LogP contribution in [0.1, 0.15) is 10.4 Å². The molecule has 1 heterocycles. The highest BCUT2D eigenvalue weighted by atomic mass is 16.2. The number of nitrogen functional groups attached to an aromatic ring is 1. The van der Waals surface area contributed by atoms with Crippen molar-refractivity contribution in [3.63, 3.8) is 0 Å². The maximum Gasteiger partial charge on any atom is 0.250 e. The number of amides is 2. The summed E-state index contributed by atoms with van der Waals surface area (Å²) in [5.41, 5.74) is 12.3. The molecular formula is C11H14N4O2. The van der Waals surface area contributed by atoms with Crippen LogP contribution in [-0.2, 0) is 4.79 Å². The number of anilines is 2. The van der Waals surface area contributed by atoms with Crippen molar-refractivity contribution in [3.05, 3.63) is 23.8 Å². The summed E-state index contributed by atoms with van der Waals surface area (Å²) in [5.74, 6) is -0.598. The fourth-order valence-electron chi connectivity index (χ4n) is 1.81. The van der Waals surface area contributed by atoms with Crippen molar-refractivity contribution in [1.29, 1.82) is 0 Å². The van der Waals surface area contributed by atoms with Gasteiger partial charge in [-0.2, -0.15) is 0 Å². The van der Waals surface area contributed by atoms with Crippen LogP contribution in [0.5, 0.6) is 0 Å². The second-order valence-electron chi connectivity index (χ2n) is 3.91. The maximum absolute atomic E-state index is 11.3. The van der Waals surface area contributed by atoms with E-state index in [1.54, 1.807) is 18.2 Å². The van der Waals surface area contributed by atoms with Crippen LogP contribution >= 0.6 is 0 Å². The average Bonchev–Trinajstić information content (AvgIpc) is 2.29. The quantitative estimate of drug-likeness (QED) is 0.589. The lowest BCUT2D eigenvalue weighted by atomic mass is 10.1. The molecular weight excluding hydrogens is 220 g/mol. The number of benzene rings is 1. The summed E-state index contributed by atoms with van der Waals surface area (Å²) in [4.78, 5) is 24.3. The summed E-state index contributed by atoms with van der Waals surface area (Å²) in [7, 11) is 0. The van der Waals surface area contributed by atoms with Crippen LogP contribution in [0.4, 0.5) is 11.4 Å². The van der Waals surface area contributed by atoms with Crippen molar-refractivity contribution >= 4 is 23.2 Å². The smallest absolute Gasteiger partial charge is 0.250 e. The lowest BCUT2D eigenvalue weighted by Crippen LogP contribution is -2.47. The molecule has 0 spiro atoms.